The molecule has 1 atom stereocenters. The molecule has 0 fully saturated rings. The fraction of sp³-hybridized carbons (Fsp3) is 0.444. The van der Waals surface area contributed by atoms with Crippen molar-refractivity contribution >= 4 is 28.3 Å². The molecule has 1 aliphatic rings. The van der Waals surface area contributed by atoms with E-state index in [9.17, 15) is 18.7 Å². The molecule has 1 amide bonds. The van der Waals surface area contributed by atoms with Gasteiger partial charge in [-0.25, -0.2) is 14.4 Å². The Hall–Kier alpha value is -3.28. The van der Waals surface area contributed by atoms with Gasteiger partial charge in [0.1, 0.15) is 23.1 Å². The summed E-state index contributed by atoms with van der Waals surface area (Å²) < 4.78 is 55.5. The summed E-state index contributed by atoms with van der Waals surface area (Å²) in [6.07, 6.45) is 0.307. The van der Waals surface area contributed by atoms with Crippen LogP contribution in [-0.4, -0.2) is 54.5 Å². The predicted octanol–water partition coefficient (Wildman–Crippen LogP) is 4.41. The fourth-order valence-electron chi connectivity index (χ4n) is 4.77. The van der Waals surface area contributed by atoms with Crippen molar-refractivity contribution in [3.05, 3.63) is 58.7 Å². The molecule has 4 rings (SSSR count). The number of rotatable bonds is 9. The third-order valence-corrected chi connectivity index (χ3v) is 7.01. The molecule has 0 saturated carbocycles. The molecule has 11 heteroatoms. The Labute approximate surface area is 218 Å². The standard InChI is InChI=1S/C27H31F3N4O4/c1-15-32-20-13-19-21(34(4)24(35)26(19,38-6)10-11-37-5)12-17(20)23(33-15)31-14-16-8-7-9-18(22(16)28)27(29,30)25(2,3)36/h7-9,12-13,36H,10-11,14H2,1-6H3,(H,31,32,33). The van der Waals surface area contributed by atoms with Gasteiger partial charge >= 0.3 is 5.92 Å². The number of carbonyl (C=O) groups is 1. The first-order valence-corrected chi connectivity index (χ1v) is 12.1. The van der Waals surface area contributed by atoms with Crippen LogP contribution in [0.3, 0.4) is 0 Å². The molecule has 1 aliphatic heterocycles. The largest absolute Gasteiger partial charge is 0.385 e. The number of aryl methyl sites for hydroxylation is 1. The van der Waals surface area contributed by atoms with Crippen molar-refractivity contribution < 1.29 is 32.5 Å². The van der Waals surface area contributed by atoms with Gasteiger partial charge in [-0.1, -0.05) is 12.1 Å². The first-order chi connectivity index (χ1) is 17.8. The second kappa shape index (κ2) is 9.79. The zero-order chi connectivity index (χ0) is 28.0. The number of halogens is 3. The molecule has 2 heterocycles. The summed E-state index contributed by atoms with van der Waals surface area (Å²) in [5.41, 5.74) is -2.81. The summed E-state index contributed by atoms with van der Waals surface area (Å²) in [5.74, 6) is -4.40. The van der Waals surface area contributed by atoms with E-state index in [0.717, 1.165) is 19.9 Å². The van der Waals surface area contributed by atoms with Gasteiger partial charge in [0.2, 0.25) is 0 Å². The minimum Gasteiger partial charge on any atom is -0.385 e. The van der Waals surface area contributed by atoms with E-state index >= 15 is 4.39 Å². The van der Waals surface area contributed by atoms with Gasteiger partial charge in [0.05, 0.1) is 16.8 Å². The molecule has 38 heavy (non-hydrogen) atoms. The summed E-state index contributed by atoms with van der Waals surface area (Å²) in [7, 11) is 4.67. The third kappa shape index (κ3) is 4.38. The number of carbonyl (C=O) groups excluding carboxylic acids is 1. The summed E-state index contributed by atoms with van der Waals surface area (Å²) in [4.78, 5) is 23.7. The highest BCUT2D eigenvalue weighted by Crippen LogP contribution is 2.46. The highest BCUT2D eigenvalue weighted by atomic mass is 19.3. The Kier molecular flexibility index (Phi) is 7.15. The Bertz CT molecular complexity index is 1390. The molecule has 2 aromatic carbocycles. The Morgan fingerprint density at radius 2 is 1.89 bits per heavy atom. The molecule has 1 unspecified atom stereocenters. The average Bonchev–Trinajstić information content (AvgIpc) is 3.06. The van der Waals surface area contributed by atoms with Gasteiger partial charge in [-0.05, 0) is 39.0 Å². The van der Waals surface area contributed by atoms with E-state index in [0.29, 0.717) is 46.8 Å². The number of hydrogen-bond donors (Lipinski definition) is 2. The van der Waals surface area contributed by atoms with Gasteiger partial charge in [0.15, 0.2) is 5.60 Å². The minimum atomic E-state index is -3.81. The van der Waals surface area contributed by atoms with E-state index in [1.54, 1.807) is 33.2 Å². The van der Waals surface area contributed by atoms with Gasteiger partial charge in [-0.15, -0.1) is 0 Å². The van der Waals surface area contributed by atoms with E-state index in [4.69, 9.17) is 9.47 Å². The minimum absolute atomic E-state index is 0.0257. The molecule has 2 N–H and O–H groups in total. The van der Waals surface area contributed by atoms with Crippen LogP contribution < -0.4 is 10.2 Å². The van der Waals surface area contributed by atoms with Gasteiger partial charge in [0.25, 0.3) is 5.91 Å². The molecule has 8 nitrogen and oxygen atoms in total. The lowest BCUT2D eigenvalue weighted by atomic mass is 9.91. The molecule has 3 aromatic rings. The van der Waals surface area contributed by atoms with Crippen LogP contribution >= 0.6 is 0 Å². The van der Waals surface area contributed by atoms with Crippen molar-refractivity contribution in [2.75, 3.05) is 38.1 Å². The summed E-state index contributed by atoms with van der Waals surface area (Å²) >= 11 is 0. The number of nitrogens with zero attached hydrogens (tertiary/aromatic N) is 3. The zero-order valence-corrected chi connectivity index (χ0v) is 22.2. The molecular formula is C27H31F3N4O4. The summed E-state index contributed by atoms with van der Waals surface area (Å²) in [6.45, 7) is 3.70. The number of fused-ring (bicyclic) bond motifs is 2. The van der Waals surface area contributed by atoms with Crippen LogP contribution in [0.25, 0.3) is 10.9 Å². The van der Waals surface area contributed by atoms with Crippen LogP contribution in [0.2, 0.25) is 0 Å². The van der Waals surface area contributed by atoms with Crippen molar-refractivity contribution in [3.8, 4) is 0 Å². The number of nitrogens with one attached hydrogen (secondary N) is 1. The van der Waals surface area contributed by atoms with E-state index in [1.165, 1.54) is 24.1 Å². The van der Waals surface area contributed by atoms with Crippen molar-refractivity contribution in [1.82, 2.24) is 9.97 Å². The number of alkyl halides is 2. The topological polar surface area (TPSA) is 96.8 Å². The van der Waals surface area contributed by atoms with Crippen LogP contribution in [0, 0.1) is 12.7 Å². The quantitative estimate of drug-likeness (QED) is 0.422. The van der Waals surface area contributed by atoms with Crippen LogP contribution in [0.5, 0.6) is 0 Å². The second-order valence-electron chi connectivity index (χ2n) is 9.91. The number of benzene rings is 2. The Balaban J connectivity index is 1.75. The monoisotopic (exact) mass is 532 g/mol. The molecule has 0 radical (unpaired) electrons. The maximum absolute atomic E-state index is 15.2. The van der Waals surface area contributed by atoms with Gasteiger partial charge in [-0.3, -0.25) is 4.79 Å². The number of methoxy groups -OCH3 is 2. The molecule has 0 spiro atoms. The van der Waals surface area contributed by atoms with Crippen LogP contribution in [0.4, 0.5) is 24.7 Å². The maximum Gasteiger partial charge on any atom is 0.303 e. The number of amides is 1. The number of aromatic nitrogens is 2. The predicted molar refractivity (Wildman–Crippen MR) is 137 cm³/mol. The van der Waals surface area contributed by atoms with E-state index in [1.807, 2.05) is 0 Å². The highest BCUT2D eigenvalue weighted by Gasteiger charge is 2.51. The van der Waals surface area contributed by atoms with Crippen molar-refractivity contribution in [3.63, 3.8) is 0 Å². The zero-order valence-electron chi connectivity index (χ0n) is 22.2. The number of likely N-dealkylation sites (N-methyl/N-ethyl adjacent to an activating group) is 1. The number of ether oxygens (including phenoxy) is 2. The van der Waals surface area contributed by atoms with E-state index in [-0.39, 0.29) is 18.0 Å². The van der Waals surface area contributed by atoms with E-state index < -0.39 is 28.5 Å². The van der Waals surface area contributed by atoms with Crippen molar-refractivity contribution in [2.24, 2.45) is 0 Å². The molecule has 204 valence electrons. The number of hydrogen-bond acceptors (Lipinski definition) is 7. The van der Waals surface area contributed by atoms with Gasteiger partial charge in [-0.2, -0.15) is 8.78 Å². The van der Waals surface area contributed by atoms with Gasteiger partial charge < -0.3 is 24.8 Å². The first-order valence-electron chi connectivity index (χ1n) is 12.1. The summed E-state index contributed by atoms with van der Waals surface area (Å²) in [5, 5.41) is 13.5. The van der Waals surface area contributed by atoms with Crippen LogP contribution in [0.1, 0.15) is 42.8 Å². The summed E-state index contributed by atoms with van der Waals surface area (Å²) in [6, 6.07) is 7.19. The van der Waals surface area contributed by atoms with Crippen LogP contribution in [-0.2, 0) is 32.3 Å². The molecule has 0 aliphatic carbocycles. The van der Waals surface area contributed by atoms with Crippen molar-refractivity contribution in [1.29, 1.82) is 0 Å². The smallest absolute Gasteiger partial charge is 0.303 e. The first kappa shape index (κ1) is 27.7. The Morgan fingerprint density at radius 3 is 2.53 bits per heavy atom. The SMILES string of the molecule is COCCC1(OC)C(=O)N(C)c2cc3c(NCc4cccc(C(F)(F)C(C)(C)O)c4F)nc(C)nc3cc21. The number of aliphatic hydroxyl groups is 1. The normalized spacial score (nSPS) is 17.8. The second-order valence-corrected chi connectivity index (χ2v) is 9.91. The molecule has 0 bridgehead atoms. The lowest BCUT2D eigenvalue weighted by Crippen LogP contribution is -2.41. The molecule has 1 aromatic heterocycles. The molecule has 0 saturated heterocycles. The maximum atomic E-state index is 15.2. The fourth-order valence-corrected chi connectivity index (χ4v) is 4.77. The molecular weight excluding hydrogens is 501 g/mol. The highest BCUT2D eigenvalue weighted by molar-refractivity contribution is 6.09. The van der Waals surface area contributed by atoms with Crippen LogP contribution in [0.15, 0.2) is 30.3 Å². The lowest BCUT2D eigenvalue weighted by molar-refractivity contribution is -0.170. The average molecular weight is 533 g/mol. The third-order valence-electron chi connectivity index (χ3n) is 7.01. The van der Waals surface area contributed by atoms with Crippen molar-refractivity contribution in [2.45, 2.75) is 50.9 Å². The van der Waals surface area contributed by atoms with Gasteiger partial charge in [0, 0.05) is 57.4 Å². The van der Waals surface area contributed by atoms with E-state index in [2.05, 4.69) is 15.3 Å². The number of anilines is 2. The lowest BCUT2D eigenvalue weighted by Gasteiger charge is -2.30. The Morgan fingerprint density at radius 1 is 1.18 bits per heavy atom.